The van der Waals surface area contributed by atoms with Gasteiger partial charge in [-0.25, -0.2) is 0 Å². The molecule has 2 fully saturated rings. The Morgan fingerprint density at radius 2 is 1.87 bits per heavy atom. The van der Waals surface area contributed by atoms with Crippen LogP contribution in [-0.4, -0.2) is 53.1 Å². The average molecular weight is 316 g/mol. The van der Waals surface area contributed by atoms with Gasteiger partial charge in [-0.15, -0.1) is 0 Å². The summed E-state index contributed by atoms with van der Waals surface area (Å²) in [6.07, 6.45) is 3.73. The summed E-state index contributed by atoms with van der Waals surface area (Å²) in [5.74, 6) is 0.297. The van der Waals surface area contributed by atoms with E-state index < -0.39 is 0 Å². The lowest BCUT2D eigenvalue weighted by atomic mass is 9.72. The molecular formula is C19H28N2O2. The first-order valence-electron chi connectivity index (χ1n) is 8.78. The summed E-state index contributed by atoms with van der Waals surface area (Å²) in [7, 11) is 0. The number of β-amino-alcohol motifs (C(OH)–C–C–N with tert-alkyl or cyclic N) is 1. The van der Waals surface area contributed by atoms with Gasteiger partial charge in [0.2, 0.25) is 5.91 Å². The molecule has 1 aromatic carbocycles. The maximum atomic E-state index is 12.3. The zero-order valence-electron chi connectivity index (χ0n) is 14.1. The summed E-state index contributed by atoms with van der Waals surface area (Å²) in [4.78, 5) is 16.7. The Morgan fingerprint density at radius 3 is 2.52 bits per heavy atom. The van der Waals surface area contributed by atoms with Crippen LogP contribution in [0.15, 0.2) is 30.3 Å². The standard InChI is InChI=1S/C19H28N2O2/c1-16(22)13-20-11-9-19(10-12-20)8-7-18(23)21(15-19)14-17-5-3-2-4-6-17/h2-6,16,22H,7-15H2,1H3/t16-/m0/s1. The van der Waals surface area contributed by atoms with Gasteiger partial charge in [-0.1, -0.05) is 30.3 Å². The molecule has 4 nitrogen and oxygen atoms in total. The molecule has 126 valence electrons. The molecule has 2 aliphatic rings. The lowest BCUT2D eigenvalue weighted by Gasteiger charge is -2.47. The Kier molecular flexibility index (Phi) is 5.02. The number of piperidine rings is 2. The van der Waals surface area contributed by atoms with E-state index >= 15 is 0 Å². The molecule has 0 aromatic heterocycles. The van der Waals surface area contributed by atoms with Gasteiger partial charge in [-0.2, -0.15) is 0 Å². The minimum absolute atomic E-state index is 0.258. The van der Waals surface area contributed by atoms with Gasteiger partial charge < -0.3 is 14.9 Å². The third kappa shape index (κ3) is 4.12. The van der Waals surface area contributed by atoms with Crippen LogP contribution in [0.5, 0.6) is 0 Å². The van der Waals surface area contributed by atoms with E-state index in [1.807, 2.05) is 25.1 Å². The first kappa shape index (κ1) is 16.5. The monoisotopic (exact) mass is 316 g/mol. The number of likely N-dealkylation sites (tertiary alicyclic amines) is 2. The molecule has 1 aromatic rings. The molecule has 0 saturated carbocycles. The summed E-state index contributed by atoms with van der Waals surface area (Å²) < 4.78 is 0. The Balaban J connectivity index is 1.61. The molecule has 3 rings (SSSR count). The highest BCUT2D eigenvalue weighted by atomic mass is 16.3. The first-order chi connectivity index (χ1) is 11.1. The Bertz CT molecular complexity index is 521. The predicted octanol–water partition coefficient (Wildman–Crippen LogP) is 2.27. The van der Waals surface area contributed by atoms with Crippen molar-refractivity contribution < 1.29 is 9.90 Å². The molecule has 1 N–H and O–H groups in total. The number of carbonyl (C=O) groups is 1. The molecule has 0 bridgehead atoms. The minimum Gasteiger partial charge on any atom is -0.392 e. The van der Waals surface area contributed by atoms with Crippen molar-refractivity contribution in [2.24, 2.45) is 5.41 Å². The van der Waals surface area contributed by atoms with E-state index in [0.717, 1.165) is 52.0 Å². The minimum atomic E-state index is -0.258. The molecule has 0 unspecified atom stereocenters. The summed E-state index contributed by atoms with van der Waals surface area (Å²) in [6.45, 7) is 6.33. The number of amides is 1. The van der Waals surface area contributed by atoms with Crippen molar-refractivity contribution in [2.45, 2.75) is 45.3 Å². The number of benzene rings is 1. The highest BCUT2D eigenvalue weighted by Crippen LogP contribution is 2.40. The number of rotatable bonds is 4. The van der Waals surface area contributed by atoms with Crippen molar-refractivity contribution in [3.05, 3.63) is 35.9 Å². The highest BCUT2D eigenvalue weighted by Gasteiger charge is 2.40. The van der Waals surface area contributed by atoms with Gasteiger partial charge in [0.25, 0.3) is 0 Å². The topological polar surface area (TPSA) is 43.8 Å². The van der Waals surface area contributed by atoms with Gasteiger partial charge in [0, 0.05) is 26.1 Å². The van der Waals surface area contributed by atoms with Gasteiger partial charge in [-0.3, -0.25) is 4.79 Å². The van der Waals surface area contributed by atoms with E-state index in [1.165, 1.54) is 5.56 Å². The molecular weight excluding hydrogens is 288 g/mol. The van der Waals surface area contributed by atoms with Crippen molar-refractivity contribution in [1.82, 2.24) is 9.80 Å². The van der Waals surface area contributed by atoms with Crippen LogP contribution < -0.4 is 0 Å². The number of aliphatic hydroxyl groups is 1. The molecule has 1 atom stereocenters. The molecule has 23 heavy (non-hydrogen) atoms. The zero-order chi connectivity index (χ0) is 16.3. The molecule has 4 heteroatoms. The number of carbonyl (C=O) groups excluding carboxylic acids is 1. The second-order valence-corrected chi connectivity index (χ2v) is 7.39. The Labute approximate surface area is 139 Å². The van der Waals surface area contributed by atoms with Gasteiger partial charge in [-0.05, 0) is 50.3 Å². The Hall–Kier alpha value is -1.39. The fourth-order valence-corrected chi connectivity index (χ4v) is 4.04. The van der Waals surface area contributed by atoms with E-state index in [4.69, 9.17) is 0 Å². The third-order valence-corrected chi connectivity index (χ3v) is 5.40. The molecule has 2 heterocycles. The lowest BCUT2D eigenvalue weighted by molar-refractivity contribution is -0.140. The van der Waals surface area contributed by atoms with E-state index in [1.54, 1.807) is 0 Å². The molecule has 0 aliphatic carbocycles. The summed E-state index contributed by atoms with van der Waals surface area (Å²) in [5.41, 5.74) is 1.50. The average Bonchev–Trinajstić information content (AvgIpc) is 2.54. The number of nitrogens with zero attached hydrogens (tertiary/aromatic N) is 2. The second kappa shape index (κ2) is 7.02. The molecule has 1 amide bonds. The maximum absolute atomic E-state index is 12.3. The van der Waals surface area contributed by atoms with E-state index in [9.17, 15) is 9.90 Å². The van der Waals surface area contributed by atoms with Gasteiger partial charge in [0.15, 0.2) is 0 Å². The van der Waals surface area contributed by atoms with Crippen LogP contribution in [-0.2, 0) is 11.3 Å². The zero-order valence-corrected chi connectivity index (χ0v) is 14.1. The van der Waals surface area contributed by atoms with Gasteiger partial charge >= 0.3 is 0 Å². The van der Waals surface area contributed by atoms with E-state index in [2.05, 4.69) is 21.9 Å². The van der Waals surface area contributed by atoms with Crippen molar-refractivity contribution >= 4 is 5.91 Å². The molecule has 2 saturated heterocycles. The van der Waals surface area contributed by atoms with Crippen molar-refractivity contribution in [3.63, 3.8) is 0 Å². The molecule has 0 radical (unpaired) electrons. The van der Waals surface area contributed by atoms with Crippen LogP contribution in [0.25, 0.3) is 0 Å². The lowest BCUT2D eigenvalue weighted by Crippen LogP contribution is -2.51. The Morgan fingerprint density at radius 1 is 1.17 bits per heavy atom. The van der Waals surface area contributed by atoms with Crippen LogP contribution >= 0.6 is 0 Å². The fourth-order valence-electron chi connectivity index (χ4n) is 4.04. The maximum Gasteiger partial charge on any atom is 0.222 e. The van der Waals surface area contributed by atoms with Crippen LogP contribution in [0.3, 0.4) is 0 Å². The van der Waals surface area contributed by atoms with Crippen LogP contribution in [0, 0.1) is 5.41 Å². The highest BCUT2D eigenvalue weighted by molar-refractivity contribution is 5.77. The van der Waals surface area contributed by atoms with Crippen LogP contribution in [0.4, 0.5) is 0 Å². The third-order valence-electron chi connectivity index (χ3n) is 5.40. The molecule has 2 aliphatic heterocycles. The van der Waals surface area contributed by atoms with E-state index in [-0.39, 0.29) is 11.5 Å². The van der Waals surface area contributed by atoms with Crippen LogP contribution in [0.1, 0.15) is 38.2 Å². The second-order valence-electron chi connectivity index (χ2n) is 7.39. The number of hydrogen-bond acceptors (Lipinski definition) is 3. The number of hydrogen-bond donors (Lipinski definition) is 1. The SMILES string of the molecule is C[C@H](O)CN1CCC2(CCC(=O)N(Cc3ccccc3)C2)CC1. The first-order valence-corrected chi connectivity index (χ1v) is 8.78. The largest absolute Gasteiger partial charge is 0.392 e. The predicted molar refractivity (Wildman–Crippen MR) is 90.9 cm³/mol. The number of aliphatic hydroxyl groups excluding tert-OH is 1. The normalized spacial score (nSPS) is 23.2. The summed E-state index contributed by atoms with van der Waals surface area (Å²) in [6, 6.07) is 10.3. The smallest absolute Gasteiger partial charge is 0.222 e. The summed E-state index contributed by atoms with van der Waals surface area (Å²) in [5, 5.41) is 9.55. The fraction of sp³-hybridized carbons (Fsp3) is 0.632. The van der Waals surface area contributed by atoms with Crippen molar-refractivity contribution in [1.29, 1.82) is 0 Å². The van der Waals surface area contributed by atoms with Gasteiger partial charge in [0.05, 0.1) is 6.10 Å². The molecule has 1 spiro atoms. The quantitative estimate of drug-likeness (QED) is 0.927. The summed E-state index contributed by atoms with van der Waals surface area (Å²) >= 11 is 0. The van der Waals surface area contributed by atoms with Crippen molar-refractivity contribution in [2.75, 3.05) is 26.2 Å². The van der Waals surface area contributed by atoms with Crippen molar-refractivity contribution in [3.8, 4) is 0 Å². The van der Waals surface area contributed by atoms with Gasteiger partial charge in [0.1, 0.15) is 0 Å². The van der Waals surface area contributed by atoms with Crippen LogP contribution in [0.2, 0.25) is 0 Å². The van der Waals surface area contributed by atoms with E-state index in [0.29, 0.717) is 12.3 Å².